The Bertz CT molecular complexity index is 652. The molecular formula is C17H23NO3. The summed E-state index contributed by atoms with van der Waals surface area (Å²) in [5, 5.41) is 10.2. The van der Waals surface area contributed by atoms with Crippen LogP contribution in [0.5, 0.6) is 0 Å². The van der Waals surface area contributed by atoms with E-state index in [0.717, 1.165) is 10.9 Å². The van der Waals surface area contributed by atoms with Gasteiger partial charge in [0.2, 0.25) is 5.76 Å². The van der Waals surface area contributed by atoms with E-state index in [0.29, 0.717) is 18.2 Å². The first-order valence-electron chi connectivity index (χ1n) is 7.15. The van der Waals surface area contributed by atoms with Gasteiger partial charge in [-0.2, -0.15) is 0 Å². The number of fused-ring (bicyclic) bond motifs is 1. The molecule has 114 valence electrons. The number of aromatic carboxylic acids is 1. The van der Waals surface area contributed by atoms with Crippen molar-refractivity contribution in [2.24, 2.45) is 5.41 Å². The number of hydrogen-bond donors (Lipinski definition) is 1. The maximum atomic E-state index is 11.4. The third-order valence-corrected chi connectivity index (χ3v) is 4.21. The van der Waals surface area contributed by atoms with Crippen LogP contribution >= 0.6 is 0 Å². The van der Waals surface area contributed by atoms with Crippen LogP contribution in [-0.2, 0) is 6.54 Å². The summed E-state index contributed by atoms with van der Waals surface area (Å²) in [6.07, 6.45) is 0. The Morgan fingerprint density at radius 1 is 1.33 bits per heavy atom. The van der Waals surface area contributed by atoms with E-state index >= 15 is 0 Å². The van der Waals surface area contributed by atoms with Gasteiger partial charge in [-0.25, -0.2) is 4.79 Å². The number of nitrogens with zero attached hydrogens (tertiary/aromatic N) is 1. The van der Waals surface area contributed by atoms with Crippen LogP contribution in [-0.4, -0.2) is 29.1 Å². The summed E-state index contributed by atoms with van der Waals surface area (Å²) in [6, 6.07) is 7.78. The first-order chi connectivity index (χ1) is 9.71. The summed E-state index contributed by atoms with van der Waals surface area (Å²) in [6.45, 7) is 9.25. The van der Waals surface area contributed by atoms with Crippen LogP contribution in [0.4, 0.5) is 0 Å². The second-order valence-corrected chi connectivity index (χ2v) is 6.67. The highest BCUT2D eigenvalue weighted by atomic mass is 16.4. The zero-order valence-electron chi connectivity index (χ0n) is 13.3. The summed E-state index contributed by atoms with van der Waals surface area (Å²) in [7, 11) is 2.02. The van der Waals surface area contributed by atoms with Crippen molar-refractivity contribution in [3.63, 3.8) is 0 Å². The first-order valence-corrected chi connectivity index (χ1v) is 7.15. The highest BCUT2D eigenvalue weighted by Crippen LogP contribution is 2.30. The van der Waals surface area contributed by atoms with E-state index in [2.05, 4.69) is 32.6 Å². The molecule has 1 atom stereocenters. The summed E-state index contributed by atoms with van der Waals surface area (Å²) >= 11 is 0. The number of rotatable bonds is 4. The molecule has 1 heterocycles. The normalized spacial score (nSPS) is 13.8. The fourth-order valence-electron chi connectivity index (χ4n) is 2.48. The van der Waals surface area contributed by atoms with E-state index in [9.17, 15) is 9.90 Å². The Balaban J connectivity index is 2.41. The fraction of sp³-hybridized carbons (Fsp3) is 0.471. The number of carboxylic acid groups (broad SMARTS) is 1. The standard InChI is InChI=1S/C17H23NO3/c1-11(17(2,3)4)18(5)10-13-12-8-6-7-9-14(12)21-15(13)16(19)20/h6-9,11H,10H2,1-5H3,(H,19,20). The van der Waals surface area contributed by atoms with Crippen molar-refractivity contribution < 1.29 is 14.3 Å². The van der Waals surface area contributed by atoms with Gasteiger partial charge in [0.1, 0.15) is 5.58 Å². The van der Waals surface area contributed by atoms with Gasteiger partial charge in [-0.3, -0.25) is 4.90 Å². The van der Waals surface area contributed by atoms with Crippen LogP contribution in [0.2, 0.25) is 0 Å². The van der Waals surface area contributed by atoms with Gasteiger partial charge >= 0.3 is 5.97 Å². The molecule has 0 aliphatic carbocycles. The number of furan rings is 1. The number of carboxylic acids is 1. The third-order valence-electron chi connectivity index (χ3n) is 4.21. The van der Waals surface area contributed by atoms with Gasteiger partial charge in [0.25, 0.3) is 0 Å². The lowest BCUT2D eigenvalue weighted by Gasteiger charge is -2.35. The van der Waals surface area contributed by atoms with Crippen molar-refractivity contribution in [3.05, 3.63) is 35.6 Å². The SMILES string of the molecule is CC(N(C)Cc1c(C(=O)O)oc2ccccc12)C(C)(C)C. The monoisotopic (exact) mass is 289 g/mol. The summed E-state index contributed by atoms with van der Waals surface area (Å²) in [5.74, 6) is -0.970. The minimum Gasteiger partial charge on any atom is -0.475 e. The van der Waals surface area contributed by atoms with Crippen molar-refractivity contribution in [2.75, 3.05) is 7.05 Å². The predicted octanol–water partition coefficient (Wildman–Crippen LogP) is 4.00. The Morgan fingerprint density at radius 3 is 2.52 bits per heavy atom. The van der Waals surface area contributed by atoms with Gasteiger partial charge in [0.15, 0.2) is 0 Å². The van der Waals surface area contributed by atoms with E-state index in [1.54, 1.807) is 6.07 Å². The van der Waals surface area contributed by atoms with Gasteiger partial charge in [0.05, 0.1) is 0 Å². The van der Waals surface area contributed by atoms with Crippen LogP contribution in [0.3, 0.4) is 0 Å². The molecule has 0 saturated heterocycles. The van der Waals surface area contributed by atoms with Gasteiger partial charge in [-0.15, -0.1) is 0 Å². The average molecular weight is 289 g/mol. The molecule has 4 nitrogen and oxygen atoms in total. The second kappa shape index (κ2) is 5.53. The van der Waals surface area contributed by atoms with E-state index < -0.39 is 5.97 Å². The summed E-state index contributed by atoms with van der Waals surface area (Å²) in [4.78, 5) is 13.6. The maximum Gasteiger partial charge on any atom is 0.372 e. The van der Waals surface area contributed by atoms with Gasteiger partial charge in [-0.1, -0.05) is 39.0 Å². The lowest BCUT2D eigenvalue weighted by molar-refractivity contribution is 0.0659. The topological polar surface area (TPSA) is 53.7 Å². The molecule has 0 aliphatic rings. The molecule has 2 aromatic rings. The smallest absolute Gasteiger partial charge is 0.372 e. The van der Waals surface area contributed by atoms with Crippen molar-refractivity contribution in [3.8, 4) is 0 Å². The quantitative estimate of drug-likeness (QED) is 0.924. The van der Waals surface area contributed by atoms with E-state index in [1.807, 2.05) is 25.2 Å². The molecule has 0 amide bonds. The Hall–Kier alpha value is -1.81. The van der Waals surface area contributed by atoms with Crippen LogP contribution in [0.25, 0.3) is 11.0 Å². The van der Waals surface area contributed by atoms with Crippen LogP contribution < -0.4 is 0 Å². The molecule has 1 aromatic heterocycles. The molecule has 0 bridgehead atoms. The molecule has 0 radical (unpaired) electrons. The molecule has 1 unspecified atom stereocenters. The van der Waals surface area contributed by atoms with Crippen molar-refractivity contribution >= 4 is 16.9 Å². The van der Waals surface area contributed by atoms with Gasteiger partial charge < -0.3 is 9.52 Å². The number of benzene rings is 1. The molecule has 1 N–H and O–H groups in total. The van der Waals surface area contributed by atoms with Crippen LogP contribution in [0.15, 0.2) is 28.7 Å². The molecule has 0 fully saturated rings. The highest BCUT2D eigenvalue weighted by Gasteiger charge is 2.27. The van der Waals surface area contributed by atoms with Crippen molar-refractivity contribution in [2.45, 2.75) is 40.3 Å². The molecule has 4 heteroatoms. The maximum absolute atomic E-state index is 11.4. The molecule has 0 spiro atoms. The molecule has 2 rings (SSSR count). The zero-order valence-corrected chi connectivity index (χ0v) is 13.3. The summed E-state index contributed by atoms with van der Waals surface area (Å²) in [5.41, 5.74) is 1.50. The minimum atomic E-state index is -1.02. The highest BCUT2D eigenvalue weighted by molar-refractivity contribution is 5.95. The van der Waals surface area contributed by atoms with Gasteiger partial charge in [-0.05, 0) is 25.5 Å². The Labute approximate surface area is 125 Å². The second-order valence-electron chi connectivity index (χ2n) is 6.67. The predicted molar refractivity (Wildman–Crippen MR) is 83.6 cm³/mol. The first kappa shape index (κ1) is 15.6. The molecule has 1 aromatic carbocycles. The number of hydrogen-bond acceptors (Lipinski definition) is 3. The molecule has 0 aliphatic heterocycles. The lowest BCUT2D eigenvalue weighted by Crippen LogP contribution is -2.39. The van der Waals surface area contributed by atoms with Crippen LogP contribution in [0, 0.1) is 5.41 Å². The van der Waals surface area contributed by atoms with Crippen LogP contribution in [0.1, 0.15) is 43.8 Å². The van der Waals surface area contributed by atoms with E-state index in [-0.39, 0.29) is 11.2 Å². The van der Waals surface area contributed by atoms with E-state index in [1.165, 1.54) is 0 Å². The fourth-order valence-corrected chi connectivity index (χ4v) is 2.48. The minimum absolute atomic E-state index is 0.0455. The summed E-state index contributed by atoms with van der Waals surface area (Å²) < 4.78 is 5.50. The number of para-hydroxylation sites is 1. The molecular weight excluding hydrogens is 266 g/mol. The lowest BCUT2D eigenvalue weighted by atomic mass is 9.87. The van der Waals surface area contributed by atoms with Gasteiger partial charge in [0, 0.05) is 23.5 Å². The van der Waals surface area contributed by atoms with Crippen molar-refractivity contribution in [1.82, 2.24) is 4.90 Å². The third kappa shape index (κ3) is 3.10. The van der Waals surface area contributed by atoms with Crippen molar-refractivity contribution in [1.29, 1.82) is 0 Å². The Kier molecular flexibility index (Phi) is 4.10. The largest absolute Gasteiger partial charge is 0.475 e. The number of carbonyl (C=O) groups is 1. The molecule has 0 saturated carbocycles. The molecule has 21 heavy (non-hydrogen) atoms. The average Bonchev–Trinajstić information content (AvgIpc) is 2.76. The zero-order chi connectivity index (χ0) is 15.8. The van der Waals surface area contributed by atoms with E-state index in [4.69, 9.17) is 4.42 Å². The Morgan fingerprint density at radius 2 is 1.95 bits per heavy atom.